The third-order valence-electron chi connectivity index (χ3n) is 3.88. The first-order valence-electron chi connectivity index (χ1n) is 8.14. The summed E-state index contributed by atoms with van der Waals surface area (Å²) in [5, 5.41) is 6.26. The lowest BCUT2D eigenvalue weighted by Crippen LogP contribution is -2.49. The molecule has 7 heteroatoms. The van der Waals surface area contributed by atoms with Gasteiger partial charge in [-0.05, 0) is 17.7 Å². The number of rotatable bonds is 7. The van der Waals surface area contributed by atoms with Crippen LogP contribution in [0.1, 0.15) is 12.5 Å². The molecule has 1 saturated heterocycles. The van der Waals surface area contributed by atoms with Gasteiger partial charge in [-0.15, -0.1) is 0 Å². The largest absolute Gasteiger partial charge is 0.379 e. The molecule has 1 aromatic rings. The number of nitrogens with zero attached hydrogens (tertiary/aromatic N) is 1. The second kappa shape index (κ2) is 9.61. The van der Waals surface area contributed by atoms with Gasteiger partial charge in [0.05, 0.1) is 13.2 Å². The summed E-state index contributed by atoms with van der Waals surface area (Å²) in [6.45, 7) is 5.98. The van der Waals surface area contributed by atoms with Crippen LogP contribution in [-0.2, 0) is 20.7 Å². The van der Waals surface area contributed by atoms with Gasteiger partial charge in [-0.2, -0.15) is 0 Å². The van der Waals surface area contributed by atoms with Crippen molar-refractivity contribution in [3.05, 3.63) is 34.9 Å². The van der Waals surface area contributed by atoms with Gasteiger partial charge in [0.2, 0.25) is 11.8 Å². The zero-order valence-electron chi connectivity index (χ0n) is 13.9. The predicted octanol–water partition coefficient (Wildman–Crippen LogP) is 0.836. The summed E-state index contributed by atoms with van der Waals surface area (Å²) in [4.78, 5) is 26.0. The Labute approximate surface area is 147 Å². The van der Waals surface area contributed by atoms with Crippen molar-refractivity contribution in [1.82, 2.24) is 15.5 Å². The van der Waals surface area contributed by atoms with Crippen LogP contribution >= 0.6 is 11.6 Å². The van der Waals surface area contributed by atoms with E-state index in [1.807, 2.05) is 12.1 Å². The van der Waals surface area contributed by atoms with Gasteiger partial charge in [-0.25, -0.2) is 0 Å². The van der Waals surface area contributed by atoms with Crippen molar-refractivity contribution in [2.45, 2.75) is 19.4 Å². The lowest BCUT2D eigenvalue weighted by atomic mass is 10.1. The van der Waals surface area contributed by atoms with Crippen LogP contribution in [0.2, 0.25) is 5.02 Å². The molecule has 0 aromatic heterocycles. The molecule has 0 radical (unpaired) electrons. The molecule has 2 rings (SSSR count). The molecule has 1 fully saturated rings. The quantitative estimate of drug-likeness (QED) is 0.762. The Morgan fingerprint density at radius 1 is 1.25 bits per heavy atom. The standard InChI is InChI=1S/C17H24ClN3O3/c1-13(22)20-16(12-14-2-4-15(18)5-3-14)17(23)19-6-7-21-8-10-24-11-9-21/h2-5,16H,6-12H2,1H3,(H,19,23)(H,20,22). The number of nitrogens with one attached hydrogen (secondary N) is 2. The van der Waals surface area contributed by atoms with Crippen LogP contribution in [0.5, 0.6) is 0 Å². The number of hydrogen-bond donors (Lipinski definition) is 2. The Hall–Kier alpha value is -1.63. The minimum Gasteiger partial charge on any atom is -0.379 e. The van der Waals surface area contributed by atoms with E-state index in [1.165, 1.54) is 6.92 Å². The third kappa shape index (κ3) is 6.47. The molecule has 1 aliphatic heterocycles. The number of morpholine rings is 1. The highest BCUT2D eigenvalue weighted by Gasteiger charge is 2.20. The van der Waals surface area contributed by atoms with E-state index in [2.05, 4.69) is 15.5 Å². The lowest BCUT2D eigenvalue weighted by Gasteiger charge is -2.27. The Balaban J connectivity index is 1.84. The second-order valence-corrected chi connectivity index (χ2v) is 6.27. The minimum absolute atomic E-state index is 0.173. The van der Waals surface area contributed by atoms with E-state index >= 15 is 0 Å². The second-order valence-electron chi connectivity index (χ2n) is 5.83. The average molecular weight is 354 g/mol. The number of amides is 2. The van der Waals surface area contributed by atoms with Gasteiger partial charge in [0.25, 0.3) is 0 Å². The maximum atomic E-state index is 12.4. The fraction of sp³-hybridized carbons (Fsp3) is 0.529. The van der Waals surface area contributed by atoms with E-state index < -0.39 is 6.04 Å². The van der Waals surface area contributed by atoms with Gasteiger partial charge in [0.1, 0.15) is 6.04 Å². The number of carbonyl (C=O) groups is 2. The Morgan fingerprint density at radius 2 is 1.92 bits per heavy atom. The summed E-state index contributed by atoms with van der Waals surface area (Å²) >= 11 is 5.87. The molecule has 1 unspecified atom stereocenters. The minimum atomic E-state index is -0.589. The first-order valence-corrected chi connectivity index (χ1v) is 8.52. The zero-order chi connectivity index (χ0) is 17.4. The van der Waals surface area contributed by atoms with E-state index in [-0.39, 0.29) is 11.8 Å². The van der Waals surface area contributed by atoms with Crippen molar-refractivity contribution < 1.29 is 14.3 Å². The Kier molecular flexibility index (Phi) is 7.49. The fourth-order valence-corrected chi connectivity index (χ4v) is 2.72. The van der Waals surface area contributed by atoms with Crippen LogP contribution in [-0.4, -0.2) is 62.1 Å². The number of benzene rings is 1. The topological polar surface area (TPSA) is 70.7 Å². The van der Waals surface area contributed by atoms with Gasteiger partial charge in [0.15, 0.2) is 0 Å². The molecule has 132 valence electrons. The van der Waals surface area contributed by atoms with Crippen molar-refractivity contribution in [2.75, 3.05) is 39.4 Å². The maximum Gasteiger partial charge on any atom is 0.242 e. The fourth-order valence-electron chi connectivity index (χ4n) is 2.60. The van der Waals surface area contributed by atoms with Crippen molar-refractivity contribution >= 4 is 23.4 Å². The Bertz CT molecular complexity index is 545. The van der Waals surface area contributed by atoms with E-state index in [0.717, 1.165) is 38.4 Å². The van der Waals surface area contributed by atoms with E-state index in [4.69, 9.17) is 16.3 Å². The summed E-state index contributed by atoms with van der Waals surface area (Å²) in [5.41, 5.74) is 0.946. The van der Waals surface area contributed by atoms with Crippen LogP contribution in [0.25, 0.3) is 0 Å². The number of halogens is 1. The van der Waals surface area contributed by atoms with Crippen molar-refractivity contribution in [3.8, 4) is 0 Å². The number of carbonyl (C=O) groups excluding carboxylic acids is 2. The van der Waals surface area contributed by atoms with Gasteiger partial charge in [0, 0.05) is 44.5 Å². The molecule has 24 heavy (non-hydrogen) atoms. The molecule has 6 nitrogen and oxygen atoms in total. The summed E-state index contributed by atoms with van der Waals surface area (Å²) in [7, 11) is 0. The highest BCUT2D eigenvalue weighted by atomic mass is 35.5. The molecule has 1 heterocycles. The highest BCUT2D eigenvalue weighted by Crippen LogP contribution is 2.11. The number of hydrogen-bond acceptors (Lipinski definition) is 4. The first kappa shape index (κ1) is 18.7. The summed E-state index contributed by atoms with van der Waals surface area (Å²) < 4.78 is 5.30. The van der Waals surface area contributed by atoms with Gasteiger partial charge in [-0.3, -0.25) is 14.5 Å². The first-order chi connectivity index (χ1) is 11.5. The average Bonchev–Trinajstić information content (AvgIpc) is 2.57. The highest BCUT2D eigenvalue weighted by molar-refractivity contribution is 6.30. The molecule has 1 atom stereocenters. The Morgan fingerprint density at radius 3 is 2.54 bits per heavy atom. The van der Waals surface area contributed by atoms with Crippen LogP contribution in [0, 0.1) is 0 Å². The predicted molar refractivity (Wildman–Crippen MR) is 93.0 cm³/mol. The molecular formula is C17H24ClN3O3. The van der Waals surface area contributed by atoms with Crippen molar-refractivity contribution in [1.29, 1.82) is 0 Å². The summed E-state index contributed by atoms with van der Waals surface area (Å²) in [6, 6.07) is 6.68. The monoisotopic (exact) mass is 353 g/mol. The van der Waals surface area contributed by atoms with Crippen LogP contribution in [0.15, 0.2) is 24.3 Å². The van der Waals surface area contributed by atoms with Gasteiger partial charge >= 0.3 is 0 Å². The zero-order valence-corrected chi connectivity index (χ0v) is 14.6. The molecular weight excluding hydrogens is 330 g/mol. The lowest BCUT2D eigenvalue weighted by molar-refractivity contribution is -0.128. The summed E-state index contributed by atoms with van der Waals surface area (Å²) in [5.74, 6) is -0.397. The van der Waals surface area contributed by atoms with Gasteiger partial charge < -0.3 is 15.4 Å². The number of ether oxygens (including phenoxy) is 1. The normalized spacial score (nSPS) is 16.4. The molecule has 0 saturated carbocycles. The molecule has 0 spiro atoms. The molecule has 2 N–H and O–H groups in total. The van der Waals surface area contributed by atoms with E-state index in [0.29, 0.717) is 18.0 Å². The molecule has 0 bridgehead atoms. The smallest absolute Gasteiger partial charge is 0.242 e. The molecule has 2 amide bonds. The summed E-state index contributed by atoms with van der Waals surface area (Å²) in [6.07, 6.45) is 0.431. The van der Waals surface area contributed by atoms with Crippen LogP contribution in [0.3, 0.4) is 0 Å². The van der Waals surface area contributed by atoms with E-state index in [1.54, 1.807) is 12.1 Å². The molecule has 1 aromatic carbocycles. The third-order valence-corrected chi connectivity index (χ3v) is 4.13. The van der Waals surface area contributed by atoms with Gasteiger partial charge in [-0.1, -0.05) is 23.7 Å². The van der Waals surface area contributed by atoms with Crippen LogP contribution in [0.4, 0.5) is 0 Å². The molecule has 1 aliphatic rings. The molecule has 0 aliphatic carbocycles. The van der Waals surface area contributed by atoms with E-state index in [9.17, 15) is 9.59 Å². The van der Waals surface area contributed by atoms with Crippen molar-refractivity contribution in [2.24, 2.45) is 0 Å². The van der Waals surface area contributed by atoms with Crippen LogP contribution < -0.4 is 10.6 Å². The maximum absolute atomic E-state index is 12.4. The SMILES string of the molecule is CC(=O)NC(Cc1ccc(Cl)cc1)C(=O)NCCN1CCOCC1. The van der Waals surface area contributed by atoms with Crippen molar-refractivity contribution in [3.63, 3.8) is 0 Å².